The van der Waals surface area contributed by atoms with Gasteiger partial charge in [-0.3, -0.25) is 4.79 Å². The maximum absolute atomic E-state index is 11.8. The molecule has 0 heterocycles. The lowest BCUT2D eigenvalue weighted by Gasteiger charge is -2.09. The van der Waals surface area contributed by atoms with Gasteiger partial charge in [-0.1, -0.05) is 0 Å². The third-order valence-corrected chi connectivity index (χ3v) is 2.72. The van der Waals surface area contributed by atoms with Crippen molar-refractivity contribution in [2.24, 2.45) is 5.92 Å². The first kappa shape index (κ1) is 10.8. The van der Waals surface area contributed by atoms with E-state index < -0.39 is 0 Å². The molecule has 1 aliphatic rings. The highest BCUT2D eigenvalue weighted by Gasteiger charge is 2.22. The van der Waals surface area contributed by atoms with Gasteiger partial charge >= 0.3 is 0 Å². The zero-order valence-corrected chi connectivity index (χ0v) is 9.32. The molecule has 1 aliphatic carbocycles. The Bertz CT molecular complexity index is 400. The van der Waals surface area contributed by atoms with Crippen molar-refractivity contribution in [2.75, 3.05) is 19.4 Å². The molecule has 0 atom stereocenters. The third kappa shape index (κ3) is 2.45. The Balaban J connectivity index is 2.08. The van der Waals surface area contributed by atoms with Crippen molar-refractivity contribution in [1.29, 1.82) is 0 Å². The lowest BCUT2D eigenvalue weighted by atomic mass is 10.1. The van der Waals surface area contributed by atoms with E-state index in [0.29, 0.717) is 22.9 Å². The Kier molecular flexibility index (Phi) is 2.99. The summed E-state index contributed by atoms with van der Waals surface area (Å²) in [5, 5.41) is 2.90. The molecule has 0 radical (unpaired) electrons. The molecule has 0 aliphatic heterocycles. The van der Waals surface area contributed by atoms with E-state index in [4.69, 9.17) is 10.5 Å². The van der Waals surface area contributed by atoms with Crippen LogP contribution in [0.4, 0.5) is 5.69 Å². The Labute approximate surface area is 94.8 Å². The van der Waals surface area contributed by atoms with Crippen molar-refractivity contribution >= 4 is 11.6 Å². The number of rotatable bonds is 4. The molecule has 2 rings (SSSR count). The summed E-state index contributed by atoms with van der Waals surface area (Å²) >= 11 is 0. The van der Waals surface area contributed by atoms with Gasteiger partial charge in [-0.25, -0.2) is 0 Å². The van der Waals surface area contributed by atoms with E-state index in [9.17, 15) is 4.79 Å². The fourth-order valence-corrected chi connectivity index (χ4v) is 1.55. The van der Waals surface area contributed by atoms with Crippen LogP contribution in [0, 0.1) is 5.92 Å². The highest BCUT2D eigenvalue weighted by molar-refractivity contribution is 5.97. The molecule has 1 aromatic rings. The van der Waals surface area contributed by atoms with Crippen LogP contribution in [-0.2, 0) is 0 Å². The minimum absolute atomic E-state index is 0.0937. The van der Waals surface area contributed by atoms with Crippen LogP contribution >= 0.6 is 0 Å². The Morgan fingerprint density at radius 3 is 2.94 bits per heavy atom. The monoisotopic (exact) mass is 220 g/mol. The molecule has 1 aromatic carbocycles. The van der Waals surface area contributed by atoms with Gasteiger partial charge < -0.3 is 15.8 Å². The lowest BCUT2D eigenvalue weighted by Crippen LogP contribution is -2.25. The first-order valence-electron chi connectivity index (χ1n) is 5.42. The maximum Gasteiger partial charge on any atom is 0.255 e. The Morgan fingerprint density at radius 1 is 1.56 bits per heavy atom. The third-order valence-electron chi connectivity index (χ3n) is 2.72. The number of methoxy groups -OCH3 is 1. The molecule has 0 unspecified atom stereocenters. The van der Waals surface area contributed by atoms with Gasteiger partial charge in [0.2, 0.25) is 0 Å². The van der Waals surface area contributed by atoms with E-state index >= 15 is 0 Å². The summed E-state index contributed by atoms with van der Waals surface area (Å²) in [5.41, 5.74) is 6.76. The van der Waals surface area contributed by atoms with Crippen LogP contribution in [-0.4, -0.2) is 19.6 Å². The van der Waals surface area contributed by atoms with Crippen LogP contribution in [0.5, 0.6) is 5.75 Å². The van der Waals surface area contributed by atoms with E-state index in [0.717, 1.165) is 6.54 Å². The van der Waals surface area contributed by atoms with Crippen molar-refractivity contribution in [3.63, 3.8) is 0 Å². The molecule has 1 fully saturated rings. The van der Waals surface area contributed by atoms with Crippen LogP contribution in [0.3, 0.4) is 0 Å². The molecule has 1 amide bonds. The number of nitrogen functional groups attached to an aromatic ring is 1. The zero-order valence-electron chi connectivity index (χ0n) is 9.32. The summed E-state index contributed by atoms with van der Waals surface area (Å²) < 4.78 is 5.13. The first-order chi connectivity index (χ1) is 7.70. The summed E-state index contributed by atoms with van der Waals surface area (Å²) in [7, 11) is 1.53. The quantitative estimate of drug-likeness (QED) is 0.754. The van der Waals surface area contributed by atoms with Gasteiger partial charge in [0.1, 0.15) is 5.75 Å². The minimum Gasteiger partial charge on any atom is -0.496 e. The molecule has 86 valence electrons. The van der Waals surface area contributed by atoms with E-state index in [-0.39, 0.29) is 5.91 Å². The van der Waals surface area contributed by atoms with Crippen molar-refractivity contribution in [3.05, 3.63) is 23.8 Å². The van der Waals surface area contributed by atoms with Crippen molar-refractivity contribution in [1.82, 2.24) is 5.32 Å². The number of hydrogen-bond donors (Lipinski definition) is 2. The molecular weight excluding hydrogens is 204 g/mol. The van der Waals surface area contributed by atoms with Crippen LogP contribution in [0.25, 0.3) is 0 Å². The number of carbonyl (C=O) groups is 1. The maximum atomic E-state index is 11.8. The molecule has 16 heavy (non-hydrogen) atoms. The summed E-state index contributed by atoms with van der Waals surface area (Å²) in [6.07, 6.45) is 2.44. The number of benzene rings is 1. The number of carbonyl (C=O) groups excluding carboxylic acids is 1. The van der Waals surface area contributed by atoms with Gasteiger partial charge in [0.25, 0.3) is 5.91 Å². The highest BCUT2D eigenvalue weighted by atomic mass is 16.5. The van der Waals surface area contributed by atoms with Crippen LogP contribution in [0.1, 0.15) is 23.2 Å². The van der Waals surface area contributed by atoms with Crippen molar-refractivity contribution < 1.29 is 9.53 Å². The fraction of sp³-hybridized carbons (Fsp3) is 0.417. The van der Waals surface area contributed by atoms with Crippen LogP contribution in [0.2, 0.25) is 0 Å². The fourth-order valence-electron chi connectivity index (χ4n) is 1.55. The summed E-state index contributed by atoms with van der Waals surface area (Å²) in [4.78, 5) is 11.8. The van der Waals surface area contributed by atoms with Gasteiger partial charge in [-0.05, 0) is 30.9 Å². The van der Waals surface area contributed by atoms with E-state index in [1.165, 1.54) is 20.0 Å². The van der Waals surface area contributed by atoms with Gasteiger partial charge in [0.15, 0.2) is 0 Å². The van der Waals surface area contributed by atoms with Crippen LogP contribution < -0.4 is 15.8 Å². The van der Waals surface area contributed by atoms with Crippen LogP contribution in [0.15, 0.2) is 18.2 Å². The van der Waals surface area contributed by atoms with Gasteiger partial charge in [-0.2, -0.15) is 0 Å². The average molecular weight is 220 g/mol. The summed E-state index contributed by atoms with van der Waals surface area (Å²) in [5.74, 6) is 1.10. The van der Waals surface area contributed by atoms with Crippen molar-refractivity contribution in [3.8, 4) is 5.75 Å². The molecular formula is C12H16N2O2. The zero-order chi connectivity index (χ0) is 11.5. The van der Waals surface area contributed by atoms with E-state index in [1.807, 2.05) is 0 Å². The predicted molar refractivity (Wildman–Crippen MR) is 62.5 cm³/mol. The number of amides is 1. The SMILES string of the molecule is COc1cc(N)ccc1C(=O)NCC1CC1. The summed E-state index contributed by atoms with van der Waals surface area (Å²) in [6.45, 7) is 0.756. The largest absolute Gasteiger partial charge is 0.496 e. The standard InChI is InChI=1S/C12H16N2O2/c1-16-11-6-9(13)4-5-10(11)12(15)14-7-8-2-3-8/h4-6,8H,2-3,7,13H2,1H3,(H,14,15). The Hall–Kier alpha value is -1.71. The molecule has 0 spiro atoms. The smallest absolute Gasteiger partial charge is 0.255 e. The number of anilines is 1. The molecule has 0 saturated heterocycles. The second-order valence-electron chi connectivity index (χ2n) is 4.11. The molecule has 0 aromatic heterocycles. The Morgan fingerprint density at radius 2 is 2.31 bits per heavy atom. The number of nitrogens with one attached hydrogen (secondary N) is 1. The topological polar surface area (TPSA) is 64.3 Å². The average Bonchev–Trinajstić information content (AvgIpc) is 3.09. The van der Waals surface area contributed by atoms with E-state index in [2.05, 4.69) is 5.32 Å². The molecule has 0 bridgehead atoms. The normalized spacial score (nSPS) is 14.6. The van der Waals surface area contributed by atoms with Gasteiger partial charge in [0, 0.05) is 18.3 Å². The van der Waals surface area contributed by atoms with Gasteiger partial charge in [-0.15, -0.1) is 0 Å². The molecule has 4 heteroatoms. The second kappa shape index (κ2) is 4.43. The molecule has 3 N–H and O–H groups in total. The second-order valence-corrected chi connectivity index (χ2v) is 4.11. The van der Waals surface area contributed by atoms with Gasteiger partial charge in [0.05, 0.1) is 12.7 Å². The number of hydrogen-bond acceptors (Lipinski definition) is 3. The number of ether oxygens (including phenoxy) is 1. The lowest BCUT2D eigenvalue weighted by molar-refractivity contribution is 0.0949. The predicted octanol–water partition coefficient (Wildman–Crippen LogP) is 1.42. The minimum atomic E-state index is -0.0937. The molecule has 1 saturated carbocycles. The van der Waals surface area contributed by atoms with Crippen molar-refractivity contribution in [2.45, 2.75) is 12.8 Å². The summed E-state index contributed by atoms with van der Waals surface area (Å²) in [6, 6.07) is 5.05. The molecule has 4 nitrogen and oxygen atoms in total. The first-order valence-corrected chi connectivity index (χ1v) is 5.42. The number of nitrogens with two attached hydrogens (primary N) is 1. The highest BCUT2D eigenvalue weighted by Crippen LogP contribution is 2.28. The van der Waals surface area contributed by atoms with E-state index in [1.54, 1.807) is 18.2 Å².